The van der Waals surface area contributed by atoms with Crippen molar-refractivity contribution in [3.63, 3.8) is 0 Å². The van der Waals surface area contributed by atoms with E-state index in [1.807, 2.05) is 6.92 Å². The van der Waals surface area contributed by atoms with Gasteiger partial charge in [0.1, 0.15) is 10.8 Å². The van der Waals surface area contributed by atoms with E-state index in [0.29, 0.717) is 18.4 Å². The largest absolute Gasteiger partial charge is 0.480 e. The number of carboxylic acid groups (broad SMARTS) is 1. The molecule has 8 heteroatoms. The van der Waals surface area contributed by atoms with Crippen molar-refractivity contribution < 1.29 is 29.0 Å². The second-order valence-electron chi connectivity index (χ2n) is 6.97. The lowest BCUT2D eigenvalue weighted by Gasteiger charge is -2.21. The monoisotopic (exact) mass is 414 g/mol. The number of ether oxygens (including phenoxy) is 2. The molecule has 0 bridgehead atoms. The Balaban J connectivity index is 2.12. The Morgan fingerprint density at radius 3 is 2.48 bits per heavy atom. The van der Waals surface area contributed by atoms with Gasteiger partial charge in [0.2, 0.25) is 5.60 Å². The first-order valence-corrected chi connectivity index (χ1v) is 9.06. The van der Waals surface area contributed by atoms with Gasteiger partial charge in [-0.2, -0.15) is 0 Å². The molecule has 0 radical (unpaired) electrons. The molecule has 0 amide bonds. The second-order valence-corrected chi connectivity index (χ2v) is 7.72. The third kappa shape index (κ3) is 5.23. The molecule has 1 unspecified atom stereocenters. The van der Waals surface area contributed by atoms with Gasteiger partial charge in [0.05, 0.1) is 5.02 Å². The molecule has 1 aliphatic carbocycles. The number of carboxylic acids is 1. The van der Waals surface area contributed by atoms with E-state index in [0.717, 1.165) is 5.57 Å². The van der Waals surface area contributed by atoms with Crippen LogP contribution < -0.4 is 4.74 Å². The normalized spacial score (nSPS) is 17.3. The van der Waals surface area contributed by atoms with Crippen molar-refractivity contribution in [1.82, 2.24) is 0 Å². The van der Waals surface area contributed by atoms with Gasteiger partial charge >= 0.3 is 11.9 Å². The summed E-state index contributed by atoms with van der Waals surface area (Å²) in [5.74, 6) is -1.71. The van der Waals surface area contributed by atoms with Crippen LogP contribution in [0.25, 0.3) is 5.57 Å². The Bertz CT molecular complexity index is 813. The fourth-order valence-electron chi connectivity index (χ4n) is 2.68. The molecule has 146 valence electrons. The number of benzene rings is 1. The summed E-state index contributed by atoms with van der Waals surface area (Å²) >= 11 is 12.6. The number of aliphatic carboxylic acids is 1. The molecule has 6 nitrogen and oxygen atoms in total. The number of hydrogen-bond acceptors (Lipinski definition) is 5. The minimum absolute atomic E-state index is 0.0417. The zero-order valence-electron chi connectivity index (χ0n) is 15.2. The molecule has 2 rings (SSSR count). The maximum Gasteiger partial charge on any atom is 0.347 e. The van der Waals surface area contributed by atoms with Crippen LogP contribution >= 0.6 is 23.2 Å². The highest BCUT2D eigenvalue weighted by atomic mass is 35.5. The predicted octanol–water partition coefficient (Wildman–Crippen LogP) is 4.16. The molecule has 0 heterocycles. The first kappa shape index (κ1) is 21.3. The Morgan fingerprint density at radius 2 is 1.89 bits per heavy atom. The molecule has 1 N–H and O–H groups in total. The highest BCUT2D eigenvalue weighted by Crippen LogP contribution is 2.40. The molecular formula is C19H20Cl2O6. The van der Waals surface area contributed by atoms with E-state index in [-0.39, 0.29) is 27.5 Å². The van der Waals surface area contributed by atoms with Gasteiger partial charge in [-0.3, -0.25) is 4.79 Å². The van der Waals surface area contributed by atoms with Crippen molar-refractivity contribution in [2.24, 2.45) is 5.92 Å². The van der Waals surface area contributed by atoms with E-state index >= 15 is 0 Å². The van der Waals surface area contributed by atoms with Crippen LogP contribution in [-0.4, -0.2) is 35.0 Å². The average Bonchev–Trinajstić information content (AvgIpc) is 2.54. The maximum atomic E-state index is 11.8. The maximum absolute atomic E-state index is 11.8. The lowest BCUT2D eigenvalue weighted by atomic mass is 9.86. The first-order valence-electron chi connectivity index (χ1n) is 8.31. The fourth-order valence-corrected chi connectivity index (χ4v) is 3.17. The van der Waals surface area contributed by atoms with Crippen LogP contribution in [0.3, 0.4) is 0 Å². The molecule has 0 saturated heterocycles. The summed E-state index contributed by atoms with van der Waals surface area (Å²) in [5, 5.41) is 9.29. The third-order valence-electron chi connectivity index (χ3n) is 4.08. The van der Waals surface area contributed by atoms with Crippen LogP contribution in [0.4, 0.5) is 0 Å². The van der Waals surface area contributed by atoms with Gasteiger partial charge in [-0.25, -0.2) is 9.59 Å². The number of hydrogen-bond donors (Lipinski definition) is 1. The average molecular weight is 415 g/mol. The predicted molar refractivity (Wildman–Crippen MR) is 101 cm³/mol. The first-order chi connectivity index (χ1) is 12.5. The van der Waals surface area contributed by atoms with Gasteiger partial charge in [-0.05, 0) is 55.5 Å². The molecule has 0 aliphatic heterocycles. The van der Waals surface area contributed by atoms with Crippen molar-refractivity contribution in [2.45, 2.75) is 39.2 Å². The topological polar surface area (TPSA) is 89.9 Å². The lowest BCUT2D eigenvalue weighted by molar-refractivity contribution is -0.175. The molecule has 1 aromatic carbocycles. The summed E-state index contributed by atoms with van der Waals surface area (Å²) in [4.78, 5) is 34.6. The molecule has 1 aromatic rings. The highest BCUT2D eigenvalue weighted by molar-refractivity contribution is 6.44. The van der Waals surface area contributed by atoms with Crippen molar-refractivity contribution in [3.8, 4) is 5.75 Å². The number of carbonyl (C=O) groups excluding carboxylic acids is 2. The summed E-state index contributed by atoms with van der Waals surface area (Å²) in [5.41, 5.74) is -0.217. The molecule has 1 atom stereocenters. The summed E-state index contributed by atoms with van der Waals surface area (Å²) in [6.45, 7) is 3.98. The van der Waals surface area contributed by atoms with Crippen LogP contribution in [0.2, 0.25) is 10.0 Å². The molecule has 0 aromatic heterocycles. The summed E-state index contributed by atoms with van der Waals surface area (Å²) in [6.07, 6.45) is 2.78. The number of allylic oxidation sites excluding steroid dienone is 2. The standard InChI is InChI=1S/C19H20Cl2O6/c1-10-6-11(8-12(22)7-10)13-4-5-14(17(21)16(13)20)26-9-15(23)27-19(2,3)18(24)25/h4-5,8,10H,6-7,9H2,1-3H3,(H,24,25). The zero-order chi connectivity index (χ0) is 20.4. The Morgan fingerprint density at radius 1 is 1.22 bits per heavy atom. The molecule has 27 heavy (non-hydrogen) atoms. The van der Waals surface area contributed by atoms with Gasteiger partial charge in [-0.15, -0.1) is 0 Å². The number of halogens is 2. The minimum atomic E-state index is -1.66. The molecule has 0 spiro atoms. The second kappa shape index (κ2) is 8.31. The summed E-state index contributed by atoms with van der Waals surface area (Å²) in [7, 11) is 0. The van der Waals surface area contributed by atoms with Crippen molar-refractivity contribution >= 4 is 46.5 Å². The van der Waals surface area contributed by atoms with E-state index in [4.69, 9.17) is 37.8 Å². The third-order valence-corrected chi connectivity index (χ3v) is 4.94. The fraction of sp³-hybridized carbons (Fsp3) is 0.421. The number of carbonyl (C=O) groups is 3. The van der Waals surface area contributed by atoms with E-state index < -0.39 is 24.1 Å². The van der Waals surface area contributed by atoms with E-state index in [1.54, 1.807) is 18.2 Å². The Kier molecular flexibility index (Phi) is 6.54. The van der Waals surface area contributed by atoms with Crippen LogP contribution in [0.5, 0.6) is 5.75 Å². The minimum Gasteiger partial charge on any atom is -0.480 e. The van der Waals surface area contributed by atoms with Gasteiger partial charge in [0.25, 0.3) is 0 Å². The van der Waals surface area contributed by atoms with Crippen molar-refractivity contribution in [1.29, 1.82) is 0 Å². The van der Waals surface area contributed by atoms with Gasteiger partial charge in [0.15, 0.2) is 12.4 Å². The number of esters is 1. The molecule has 0 saturated carbocycles. The van der Waals surface area contributed by atoms with Crippen LogP contribution in [0.15, 0.2) is 18.2 Å². The van der Waals surface area contributed by atoms with Gasteiger partial charge < -0.3 is 14.6 Å². The smallest absolute Gasteiger partial charge is 0.347 e. The molecular weight excluding hydrogens is 395 g/mol. The summed E-state index contributed by atoms with van der Waals surface area (Å²) < 4.78 is 10.2. The van der Waals surface area contributed by atoms with Crippen molar-refractivity contribution in [2.75, 3.05) is 6.61 Å². The highest BCUT2D eigenvalue weighted by Gasteiger charge is 2.32. The van der Waals surface area contributed by atoms with E-state index in [2.05, 4.69) is 0 Å². The van der Waals surface area contributed by atoms with E-state index in [9.17, 15) is 14.4 Å². The molecule has 1 aliphatic rings. The van der Waals surface area contributed by atoms with Gasteiger partial charge in [0, 0.05) is 6.42 Å². The molecule has 0 fully saturated rings. The van der Waals surface area contributed by atoms with Crippen LogP contribution in [0, 0.1) is 5.92 Å². The van der Waals surface area contributed by atoms with Crippen LogP contribution in [0.1, 0.15) is 39.2 Å². The SMILES string of the molecule is CC1CC(=O)C=C(c2ccc(OCC(=O)OC(C)(C)C(=O)O)c(Cl)c2Cl)C1. The quantitative estimate of drug-likeness (QED) is 0.702. The Labute approximate surface area is 167 Å². The van der Waals surface area contributed by atoms with Gasteiger partial charge in [-0.1, -0.05) is 30.1 Å². The summed E-state index contributed by atoms with van der Waals surface area (Å²) in [6, 6.07) is 3.22. The number of rotatable bonds is 6. The number of ketones is 1. The van der Waals surface area contributed by atoms with E-state index in [1.165, 1.54) is 13.8 Å². The zero-order valence-corrected chi connectivity index (χ0v) is 16.7. The lowest BCUT2D eigenvalue weighted by Crippen LogP contribution is -2.38. The Hall–Kier alpha value is -2.05. The van der Waals surface area contributed by atoms with Crippen molar-refractivity contribution in [3.05, 3.63) is 33.8 Å². The van der Waals surface area contributed by atoms with Crippen LogP contribution in [-0.2, 0) is 19.1 Å².